The summed E-state index contributed by atoms with van der Waals surface area (Å²) in [6, 6.07) is 1.90. The summed E-state index contributed by atoms with van der Waals surface area (Å²) in [6.07, 6.45) is 7.34. The summed E-state index contributed by atoms with van der Waals surface area (Å²) >= 11 is 1.47. The molecule has 3 aromatic heterocycles. The number of pyridine rings is 1. The quantitative estimate of drug-likeness (QED) is 0.633. The van der Waals surface area contributed by atoms with E-state index >= 15 is 0 Å². The Bertz CT molecular complexity index is 1090. The molecular weight excluding hydrogens is 396 g/mol. The Hall–Kier alpha value is -2.87. The SMILES string of the molecule is Cc1nc(C)c(C(=O)N2CCC[C@@H]2c2nc(N(C)C)ncc2-c2ccncc2C)s1. The van der Waals surface area contributed by atoms with Crippen LogP contribution in [0.25, 0.3) is 11.1 Å². The van der Waals surface area contributed by atoms with Gasteiger partial charge in [0.1, 0.15) is 4.88 Å². The fraction of sp³-hybridized carbons (Fsp3) is 0.409. The van der Waals surface area contributed by atoms with Gasteiger partial charge in [0.05, 0.1) is 22.4 Å². The Kier molecular flexibility index (Phi) is 5.51. The van der Waals surface area contributed by atoms with Gasteiger partial charge in [-0.3, -0.25) is 9.78 Å². The molecule has 8 heteroatoms. The van der Waals surface area contributed by atoms with E-state index < -0.39 is 0 Å². The van der Waals surface area contributed by atoms with Gasteiger partial charge in [-0.1, -0.05) is 0 Å². The lowest BCUT2D eigenvalue weighted by atomic mass is 9.97. The third kappa shape index (κ3) is 3.67. The van der Waals surface area contributed by atoms with Gasteiger partial charge < -0.3 is 9.80 Å². The Labute approximate surface area is 180 Å². The molecular formula is C22H26N6OS. The molecule has 0 radical (unpaired) electrons. The molecule has 4 rings (SSSR count). The van der Waals surface area contributed by atoms with Crippen LogP contribution in [-0.2, 0) is 0 Å². The number of nitrogens with zero attached hydrogens (tertiary/aromatic N) is 6. The van der Waals surface area contributed by atoms with Crippen LogP contribution < -0.4 is 4.90 Å². The molecule has 0 aromatic carbocycles. The number of amides is 1. The smallest absolute Gasteiger partial charge is 0.266 e. The number of carbonyl (C=O) groups is 1. The van der Waals surface area contributed by atoms with Gasteiger partial charge in [0.2, 0.25) is 5.95 Å². The van der Waals surface area contributed by atoms with E-state index in [9.17, 15) is 4.79 Å². The fourth-order valence-electron chi connectivity index (χ4n) is 3.99. The van der Waals surface area contributed by atoms with Gasteiger partial charge in [-0.15, -0.1) is 11.3 Å². The molecule has 1 aliphatic rings. The summed E-state index contributed by atoms with van der Waals surface area (Å²) in [6.45, 7) is 6.60. The number of aromatic nitrogens is 4. The second-order valence-electron chi connectivity index (χ2n) is 7.86. The number of hydrogen-bond acceptors (Lipinski definition) is 7. The van der Waals surface area contributed by atoms with E-state index in [4.69, 9.17) is 4.98 Å². The number of carbonyl (C=O) groups excluding carboxylic acids is 1. The second kappa shape index (κ2) is 8.10. The van der Waals surface area contributed by atoms with E-state index in [0.29, 0.717) is 5.95 Å². The molecule has 1 saturated heterocycles. The van der Waals surface area contributed by atoms with Crippen molar-refractivity contribution in [3.63, 3.8) is 0 Å². The summed E-state index contributed by atoms with van der Waals surface area (Å²) in [5.74, 6) is 0.688. The Morgan fingerprint density at radius 3 is 2.63 bits per heavy atom. The molecule has 1 aliphatic heterocycles. The number of aryl methyl sites for hydroxylation is 3. The molecule has 0 unspecified atom stereocenters. The van der Waals surface area contributed by atoms with E-state index in [-0.39, 0.29) is 11.9 Å². The van der Waals surface area contributed by atoms with Crippen LogP contribution in [0.15, 0.2) is 24.7 Å². The average molecular weight is 423 g/mol. The molecule has 0 saturated carbocycles. The zero-order valence-corrected chi connectivity index (χ0v) is 18.8. The summed E-state index contributed by atoms with van der Waals surface area (Å²) in [5.41, 5.74) is 4.77. The van der Waals surface area contributed by atoms with Gasteiger partial charge in [-0.25, -0.2) is 15.0 Å². The first-order chi connectivity index (χ1) is 14.4. The van der Waals surface area contributed by atoms with E-state index in [1.54, 1.807) is 6.20 Å². The number of likely N-dealkylation sites (tertiary alicyclic amines) is 1. The highest BCUT2D eigenvalue weighted by atomic mass is 32.1. The van der Waals surface area contributed by atoms with Crippen molar-refractivity contribution in [2.24, 2.45) is 0 Å². The average Bonchev–Trinajstić information content (AvgIpc) is 3.33. The first-order valence-electron chi connectivity index (χ1n) is 10.1. The van der Waals surface area contributed by atoms with Gasteiger partial charge in [-0.2, -0.15) is 0 Å². The number of anilines is 1. The van der Waals surface area contributed by atoms with Crippen LogP contribution in [0.2, 0.25) is 0 Å². The zero-order chi connectivity index (χ0) is 21.4. The fourth-order valence-corrected chi connectivity index (χ4v) is 4.87. The topological polar surface area (TPSA) is 75.1 Å². The van der Waals surface area contributed by atoms with Gasteiger partial charge in [0, 0.05) is 44.8 Å². The molecule has 1 amide bonds. The first-order valence-corrected chi connectivity index (χ1v) is 10.9. The van der Waals surface area contributed by atoms with Crippen LogP contribution in [-0.4, -0.2) is 51.4 Å². The Balaban J connectivity index is 1.81. The molecule has 30 heavy (non-hydrogen) atoms. The van der Waals surface area contributed by atoms with Crippen molar-refractivity contribution < 1.29 is 4.79 Å². The maximum Gasteiger partial charge on any atom is 0.266 e. The lowest BCUT2D eigenvalue weighted by Gasteiger charge is -2.27. The maximum atomic E-state index is 13.4. The molecule has 156 valence electrons. The van der Waals surface area contributed by atoms with Crippen LogP contribution in [0.1, 0.15) is 50.5 Å². The van der Waals surface area contributed by atoms with Crippen LogP contribution >= 0.6 is 11.3 Å². The molecule has 1 atom stereocenters. The number of thiazole rings is 1. The third-order valence-electron chi connectivity index (χ3n) is 5.44. The van der Waals surface area contributed by atoms with Crippen LogP contribution in [0, 0.1) is 20.8 Å². The molecule has 1 fully saturated rings. The van der Waals surface area contributed by atoms with Gasteiger partial charge in [0.25, 0.3) is 5.91 Å². The van der Waals surface area contributed by atoms with Gasteiger partial charge in [-0.05, 0) is 50.8 Å². The highest BCUT2D eigenvalue weighted by molar-refractivity contribution is 7.13. The van der Waals surface area contributed by atoms with E-state index in [0.717, 1.165) is 57.3 Å². The van der Waals surface area contributed by atoms with E-state index in [1.807, 2.05) is 63.1 Å². The van der Waals surface area contributed by atoms with Crippen molar-refractivity contribution in [1.29, 1.82) is 0 Å². The standard InChI is InChI=1S/C22H26N6OS/c1-13-11-23-9-8-16(13)17-12-24-22(27(4)5)26-19(17)18-7-6-10-28(18)21(29)20-14(2)25-15(3)30-20/h8-9,11-12,18H,6-7,10H2,1-5H3/t18-/m1/s1. The van der Waals surface area contributed by atoms with Gasteiger partial charge >= 0.3 is 0 Å². The van der Waals surface area contributed by atoms with Crippen LogP contribution in [0.4, 0.5) is 5.95 Å². The number of rotatable bonds is 4. The molecule has 0 N–H and O–H groups in total. The van der Waals surface area contributed by atoms with E-state index in [2.05, 4.69) is 15.0 Å². The highest BCUT2D eigenvalue weighted by Crippen LogP contribution is 2.39. The predicted octanol–water partition coefficient (Wildman–Crippen LogP) is 3.96. The molecule has 0 spiro atoms. The summed E-state index contributed by atoms with van der Waals surface area (Å²) in [5, 5.41) is 0.914. The minimum Gasteiger partial charge on any atom is -0.347 e. The normalized spacial score (nSPS) is 16.2. The van der Waals surface area contributed by atoms with Crippen molar-refractivity contribution in [1.82, 2.24) is 24.8 Å². The first kappa shape index (κ1) is 20.4. The van der Waals surface area contributed by atoms with Crippen molar-refractivity contribution >= 4 is 23.2 Å². The summed E-state index contributed by atoms with van der Waals surface area (Å²) < 4.78 is 0. The summed E-state index contributed by atoms with van der Waals surface area (Å²) in [4.78, 5) is 36.1. The highest BCUT2D eigenvalue weighted by Gasteiger charge is 2.35. The zero-order valence-electron chi connectivity index (χ0n) is 18.0. The van der Waals surface area contributed by atoms with Crippen molar-refractivity contribution in [3.05, 3.63) is 51.5 Å². The third-order valence-corrected chi connectivity index (χ3v) is 6.50. The number of hydrogen-bond donors (Lipinski definition) is 0. The molecule has 7 nitrogen and oxygen atoms in total. The molecule has 0 aliphatic carbocycles. The van der Waals surface area contributed by atoms with E-state index in [1.165, 1.54) is 11.3 Å². The Morgan fingerprint density at radius 1 is 1.17 bits per heavy atom. The van der Waals surface area contributed by atoms with Crippen molar-refractivity contribution in [2.75, 3.05) is 25.5 Å². The van der Waals surface area contributed by atoms with Gasteiger partial charge in [0.15, 0.2) is 0 Å². The maximum absolute atomic E-state index is 13.4. The Morgan fingerprint density at radius 2 is 1.97 bits per heavy atom. The molecule has 4 heterocycles. The monoisotopic (exact) mass is 422 g/mol. The minimum absolute atomic E-state index is 0.0445. The molecule has 0 bridgehead atoms. The minimum atomic E-state index is -0.0939. The predicted molar refractivity (Wildman–Crippen MR) is 119 cm³/mol. The van der Waals surface area contributed by atoms with Crippen LogP contribution in [0.5, 0.6) is 0 Å². The van der Waals surface area contributed by atoms with Crippen LogP contribution in [0.3, 0.4) is 0 Å². The summed E-state index contributed by atoms with van der Waals surface area (Å²) in [7, 11) is 3.86. The van der Waals surface area contributed by atoms with Crippen molar-refractivity contribution in [2.45, 2.75) is 39.7 Å². The second-order valence-corrected chi connectivity index (χ2v) is 9.06. The lowest BCUT2D eigenvalue weighted by molar-refractivity contribution is 0.0737. The molecule has 3 aromatic rings. The largest absolute Gasteiger partial charge is 0.347 e. The lowest BCUT2D eigenvalue weighted by Crippen LogP contribution is -2.31. The van der Waals surface area contributed by atoms with Crippen molar-refractivity contribution in [3.8, 4) is 11.1 Å².